The minimum Gasteiger partial charge on any atom is -0.497 e. The minimum atomic E-state index is 0.103. The predicted molar refractivity (Wildman–Crippen MR) is 81.5 cm³/mol. The Kier molecular flexibility index (Phi) is 4.56. The molecule has 1 N–H and O–H groups in total. The SMILES string of the molecule is COc1cccc(C(C)Nc2cccc(Cl)c2Cl)c1. The van der Waals surface area contributed by atoms with Crippen molar-refractivity contribution >= 4 is 28.9 Å². The van der Waals surface area contributed by atoms with E-state index in [0.717, 1.165) is 17.0 Å². The second kappa shape index (κ2) is 6.18. The van der Waals surface area contributed by atoms with Crippen LogP contribution in [0.1, 0.15) is 18.5 Å². The molecule has 0 aromatic heterocycles. The highest BCUT2D eigenvalue weighted by Gasteiger charge is 2.10. The summed E-state index contributed by atoms with van der Waals surface area (Å²) in [6.45, 7) is 2.06. The summed E-state index contributed by atoms with van der Waals surface area (Å²) in [6.07, 6.45) is 0. The summed E-state index contributed by atoms with van der Waals surface area (Å²) >= 11 is 12.2. The monoisotopic (exact) mass is 295 g/mol. The third kappa shape index (κ3) is 3.34. The molecule has 0 saturated heterocycles. The van der Waals surface area contributed by atoms with E-state index >= 15 is 0 Å². The minimum absolute atomic E-state index is 0.103. The summed E-state index contributed by atoms with van der Waals surface area (Å²) in [5.74, 6) is 0.836. The maximum absolute atomic E-state index is 6.16. The van der Waals surface area contributed by atoms with Gasteiger partial charge >= 0.3 is 0 Å². The fourth-order valence-electron chi connectivity index (χ4n) is 1.84. The van der Waals surface area contributed by atoms with Gasteiger partial charge in [0, 0.05) is 6.04 Å². The molecule has 1 atom stereocenters. The smallest absolute Gasteiger partial charge is 0.119 e. The Hall–Kier alpha value is -1.38. The highest BCUT2D eigenvalue weighted by molar-refractivity contribution is 6.43. The lowest BCUT2D eigenvalue weighted by Gasteiger charge is -2.17. The molecule has 4 heteroatoms. The Morgan fingerprint density at radius 2 is 1.84 bits per heavy atom. The first-order valence-corrected chi connectivity index (χ1v) is 6.72. The second-order valence-corrected chi connectivity index (χ2v) is 5.03. The van der Waals surface area contributed by atoms with E-state index in [9.17, 15) is 0 Å². The van der Waals surface area contributed by atoms with E-state index in [1.807, 2.05) is 36.4 Å². The van der Waals surface area contributed by atoms with Crippen LogP contribution in [0.5, 0.6) is 5.75 Å². The zero-order chi connectivity index (χ0) is 13.8. The number of methoxy groups -OCH3 is 1. The zero-order valence-electron chi connectivity index (χ0n) is 10.8. The summed E-state index contributed by atoms with van der Waals surface area (Å²) in [5, 5.41) is 4.43. The van der Waals surface area contributed by atoms with Gasteiger partial charge in [0.05, 0.1) is 22.8 Å². The average molecular weight is 296 g/mol. The highest BCUT2D eigenvalue weighted by atomic mass is 35.5. The molecular weight excluding hydrogens is 281 g/mol. The van der Waals surface area contributed by atoms with Gasteiger partial charge in [0.15, 0.2) is 0 Å². The van der Waals surface area contributed by atoms with Crippen molar-refractivity contribution in [3.05, 3.63) is 58.1 Å². The van der Waals surface area contributed by atoms with E-state index in [0.29, 0.717) is 10.0 Å². The third-order valence-electron chi connectivity index (χ3n) is 2.92. The highest BCUT2D eigenvalue weighted by Crippen LogP contribution is 2.32. The molecule has 0 fully saturated rings. The first-order valence-electron chi connectivity index (χ1n) is 5.96. The maximum Gasteiger partial charge on any atom is 0.119 e. The van der Waals surface area contributed by atoms with Crippen molar-refractivity contribution in [1.29, 1.82) is 0 Å². The van der Waals surface area contributed by atoms with Gasteiger partial charge in [-0.25, -0.2) is 0 Å². The molecule has 0 aliphatic heterocycles. The van der Waals surface area contributed by atoms with Gasteiger partial charge in [0.25, 0.3) is 0 Å². The van der Waals surface area contributed by atoms with Crippen molar-refractivity contribution in [1.82, 2.24) is 0 Å². The Balaban J connectivity index is 2.20. The fraction of sp³-hybridized carbons (Fsp3) is 0.200. The number of benzene rings is 2. The molecular formula is C15H15Cl2NO. The van der Waals surface area contributed by atoms with Gasteiger partial charge in [0.1, 0.15) is 5.75 Å². The van der Waals surface area contributed by atoms with Gasteiger partial charge in [-0.2, -0.15) is 0 Å². The van der Waals surface area contributed by atoms with Crippen molar-refractivity contribution < 1.29 is 4.74 Å². The number of ether oxygens (including phenoxy) is 1. The number of anilines is 1. The molecule has 2 nitrogen and oxygen atoms in total. The number of rotatable bonds is 4. The lowest BCUT2D eigenvalue weighted by molar-refractivity contribution is 0.414. The van der Waals surface area contributed by atoms with E-state index in [2.05, 4.69) is 12.2 Å². The molecule has 0 heterocycles. The number of halogens is 2. The average Bonchev–Trinajstić information content (AvgIpc) is 2.44. The van der Waals surface area contributed by atoms with Crippen molar-refractivity contribution in [2.24, 2.45) is 0 Å². The molecule has 100 valence electrons. The molecule has 1 unspecified atom stereocenters. The molecule has 2 aromatic rings. The number of hydrogen-bond donors (Lipinski definition) is 1. The summed E-state index contributed by atoms with van der Waals surface area (Å²) < 4.78 is 5.22. The Morgan fingerprint density at radius 1 is 1.11 bits per heavy atom. The van der Waals surface area contributed by atoms with Crippen LogP contribution in [0, 0.1) is 0 Å². The van der Waals surface area contributed by atoms with Crippen LogP contribution in [0.3, 0.4) is 0 Å². The summed E-state index contributed by atoms with van der Waals surface area (Å²) in [6, 6.07) is 13.6. The molecule has 0 amide bonds. The maximum atomic E-state index is 6.16. The lowest BCUT2D eigenvalue weighted by atomic mass is 10.1. The molecule has 19 heavy (non-hydrogen) atoms. The molecule has 2 aromatic carbocycles. The van der Waals surface area contributed by atoms with Crippen LogP contribution in [0.4, 0.5) is 5.69 Å². The van der Waals surface area contributed by atoms with Crippen molar-refractivity contribution in [3.8, 4) is 5.75 Å². The van der Waals surface area contributed by atoms with Crippen LogP contribution in [0.25, 0.3) is 0 Å². The standard InChI is InChI=1S/C15H15Cl2NO/c1-10(11-5-3-6-12(9-11)19-2)18-14-8-4-7-13(16)15(14)17/h3-10,18H,1-2H3. The fourth-order valence-corrected chi connectivity index (χ4v) is 2.20. The van der Waals surface area contributed by atoms with Crippen LogP contribution < -0.4 is 10.1 Å². The summed E-state index contributed by atoms with van der Waals surface area (Å²) in [4.78, 5) is 0. The largest absolute Gasteiger partial charge is 0.497 e. The van der Waals surface area contributed by atoms with Gasteiger partial charge in [-0.1, -0.05) is 41.4 Å². The van der Waals surface area contributed by atoms with Crippen molar-refractivity contribution in [2.75, 3.05) is 12.4 Å². The first-order chi connectivity index (χ1) is 9.11. The van der Waals surface area contributed by atoms with E-state index in [1.165, 1.54) is 0 Å². The van der Waals surface area contributed by atoms with Crippen LogP contribution >= 0.6 is 23.2 Å². The molecule has 0 radical (unpaired) electrons. The number of hydrogen-bond acceptors (Lipinski definition) is 2. The molecule has 0 spiro atoms. The molecule has 0 saturated carbocycles. The van der Waals surface area contributed by atoms with E-state index in [-0.39, 0.29) is 6.04 Å². The van der Waals surface area contributed by atoms with E-state index < -0.39 is 0 Å². The van der Waals surface area contributed by atoms with E-state index in [4.69, 9.17) is 27.9 Å². The lowest BCUT2D eigenvalue weighted by Crippen LogP contribution is -2.07. The van der Waals surface area contributed by atoms with Gasteiger partial charge in [-0.3, -0.25) is 0 Å². The Bertz CT molecular complexity index is 572. The van der Waals surface area contributed by atoms with Crippen LogP contribution in [-0.4, -0.2) is 7.11 Å². The van der Waals surface area contributed by atoms with Gasteiger partial charge in [-0.15, -0.1) is 0 Å². The van der Waals surface area contributed by atoms with Gasteiger partial charge in [-0.05, 0) is 36.8 Å². The summed E-state index contributed by atoms with van der Waals surface area (Å²) in [7, 11) is 1.66. The van der Waals surface area contributed by atoms with Crippen molar-refractivity contribution in [3.63, 3.8) is 0 Å². The molecule has 0 bridgehead atoms. The van der Waals surface area contributed by atoms with Gasteiger partial charge in [0.2, 0.25) is 0 Å². The molecule has 2 rings (SSSR count). The van der Waals surface area contributed by atoms with Gasteiger partial charge < -0.3 is 10.1 Å². The third-order valence-corrected chi connectivity index (χ3v) is 3.74. The zero-order valence-corrected chi connectivity index (χ0v) is 12.3. The molecule has 0 aliphatic carbocycles. The summed E-state index contributed by atoms with van der Waals surface area (Å²) in [5.41, 5.74) is 1.94. The van der Waals surface area contributed by atoms with E-state index in [1.54, 1.807) is 13.2 Å². The van der Waals surface area contributed by atoms with Crippen LogP contribution in [0.15, 0.2) is 42.5 Å². The topological polar surface area (TPSA) is 21.3 Å². The van der Waals surface area contributed by atoms with Crippen molar-refractivity contribution in [2.45, 2.75) is 13.0 Å². The quantitative estimate of drug-likeness (QED) is 0.839. The van der Waals surface area contributed by atoms with Crippen LogP contribution in [-0.2, 0) is 0 Å². The van der Waals surface area contributed by atoms with Crippen LogP contribution in [0.2, 0.25) is 10.0 Å². The normalized spacial score (nSPS) is 12.0. The Morgan fingerprint density at radius 3 is 2.58 bits per heavy atom. The first kappa shape index (κ1) is 14.0. The molecule has 0 aliphatic rings. The predicted octanol–water partition coefficient (Wildman–Crippen LogP) is 5.18. The number of nitrogens with one attached hydrogen (secondary N) is 1. The second-order valence-electron chi connectivity index (χ2n) is 4.24. The Labute approximate surface area is 123 Å².